The van der Waals surface area contributed by atoms with Gasteiger partial charge in [-0.2, -0.15) is 4.39 Å². The van der Waals surface area contributed by atoms with Crippen molar-refractivity contribution in [3.8, 4) is 0 Å². The maximum atomic E-state index is 14.3. The molecule has 4 N–H and O–H groups in total. The van der Waals surface area contributed by atoms with Gasteiger partial charge in [-0.15, -0.1) is 0 Å². The lowest BCUT2D eigenvalue weighted by Crippen LogP contribution is -2.63. The summed E-state index contributed by atoms with van der Waals surface area (Å²) in [5.41, 5.74) is 0. The first-order valence-electron chi connectivity index (χ1n) is 6.76. The Bertz CT molecular complexity index is 433. The lowest BCUT2D eigenvalue weighted by molar-refractivity contribution is -0.293. The number of aliphatic carboxylic acids is 1. The van der Waals surface area contributed by atoms with Crippen LogP contribution in [0.25, 0.3) is 0 Å². The average Bonchev–Trinajstić information content (AvgIpc) is 2.45. The van der Waals surface area contributed by atoms with Gasteiger partial charge in [-0.1, -0.05) is 6.92 Å². The molecule has 0 aromatic rings. The second-order valence-electron chi connectivity index (χ2n) is 5.60. The summed E-state index contributed by atoms with van der Waals surface area (Å²) in [6, 6.07) is 0. The number of hydrogen-bond acceptors (Lipinski definition) is 6. The molecule has 9 heteroatoms. The molecule has 1 heterocycles. The van der Waals surface area contributed by atoms with Crippen LogP contribution in [0.2, 0.25) is 0 Å². The van der Waals surface area contributed by atoms with Gasteiger partial charge in [-0.05, 0) is 12.8 Å². The van der Waals surface area contributed by atoms with E-state index in [0.717, 1.165) is 0 Å². The highest BCUT2D eigenvalue weighted by atomic mass is 19.2. The van der Waals surface area contributed by atoms with Crippen LogP contribution in [-0.4, -0.2) is 69.1 Å². The van der Waals surface area contributed by atoms with Crippen molar-refractivity contribution in [2.45, 2.75) is 50.6 Å². The molecule has 0 aliphatic carbocycles. The molecular weight excluding hydrogens is 306 g/mol. The first-order valence-corrected chi connectivity index (χ1v) is 6.76. The Balaban J connectivity index is 3.19. The minimum absolute atomic E-state index is 0.294. The first kappa shape index (κ1) is 18.9. The predicted octanol–water partition coefficient (Wildman–Crippen LogP) is -0.581. The van der Waals surface area contributed by atoms with E-state index >= 15 is 0 Å². The second-order valence-corrected chi connectivity index (χ2v) is 5.60. The molecule has 0 bridgehead atoms. The van der Waals surface area contributed by atoms with E-state index in [1.165, 1.54) is 13.8 Å². The molecule has 2 unspecified atom stereocenters. The van der Waals surface area contributed by atoms with E-state index in [2.05, 4.69) is 4.74 Å². The maximum Gasteiger partial charge on any atom is 0.372 e. The number of hydrogen-bond donors (Lipinski definition) is 4. The molecule has 0 aromatic carbocycles. The Labute approximate surface area is 125 Å². The summed E-state index contributed by atoms with van der Waals surface area (Å²) >= 11 is 0. The van der Waals surface area contributed by atoms with E-state index in [0.29, 0.717) is 0 Å². The van der Waals surface area contributed by atoms with Crippen molar-refractivity contribution in [3.63, 3.8) is 0 Å². The number of aliphatic hydroxyl groups is 3. The summed E-state index contributed by atoms with van der Waals surface area (Å²) in [5, 5.41) is 37.1. The Morgan fingerprint density at radius 3 is 2.32 bits per heavy atom. The fourth-order valence-corrected chi connectivity index (χ4v) is 2.66. The van der Waals surface area contributed by atoms with Crippen molar-refractivity contribution < 1.29 is 43.5 Å². The number of ether oxygens (including phenoxy) is 1. The normalized spacial score (nSPS) is 38.3. The molecule has 0 aromatic heterocycles. The summed E-state index contributed by atoms with van der Waals surface area (Å²) in [5.74, 6) is -8.61. The van der Waals surface area contributed by atoms with Gasteiger partial charge >= 0.3 is 11.8 Å². The number of carbonyl (C=O) groups excluding carboxylic acids is 1. The topological polar surface area (TPSA) is 124 Å². The third-order valence-corrected chi connectivity index (χ3v) is 3.95. The first-order chi connectivity index (χ1) is 10.1. The Morgan fingerprint density at radius 2 is 1.91 bits per heavy atom. The summed E-state index contributed by atoms with van der Waals surface area (Å²) in [7, 11) is 0. The third kappa shape index (κ3) is 3.43. The minimum atomic E-state index is -3.70. The van der Waals surface area contributed by atoms with Gasteiger partial charge in [0.2, 0.25) is 0 Å². The lowest BCUT2D eigenvalue weighted by atomic mass is 9.75. The Morgan fingerprint density at radius 1 is 1.36 bits per heavy atom. The van der Waals surface area contributed by atoms with Crippen molar-refractivity contribution in [3.05, 3.63) is 0 Å². The SMILES string of the molecule is CC(=O)C[C@H]1C([C@H](O)[C@H](O)CO)O[C@@](F)(C(=O)O)C(F)[C@H]1C. The molecule has 22 heavy (non-hydrogen) atoms. The largest absolute Gasteiger partial charge is 0.477 e. The number of carboxylic acid groups (broad SMARTS) is 1. The average molecular weight is 326 g/mol. The van der Waals surface area contributed by atoms with Crippen LogP contribution in [0.4, 0.5) is 8.78 Å². The van der Waals surface area contributed by atoms with Gasteiger partial charge in [0.25, 0.3) is 0 Å². The van der Waals surface area contributed by atoms with Crippen molar-refractivity contribution >= 4 is 11.8 Å². The molecule has 1 fully saturated rings. The summed E-state index contributed by atoms with van der Waals surface area (Å²) in [4.78, 5) is 22.3. The number of carbonyl (C=O) groups is 2. The fraction of sp³-hybridized carbons (Fsp3) is 0.846. The highest BCUT2D eigenvalue weighted by Crippen LogP contribution is 2.43. The van der Waals surface area contributed by atoms with Crippen molar-refractivity contribution in [2.24, 2.45) is 11.8 Å². The predicted molar refractivity (Wildman–Crippen MR) is 68.3 cm³/mol. The number of ketones is 1. The van der Waals surface area contributed by atoms with Crippen LogP contribution in [0.3, 0.4) is 0 Å². The van der Waals surface area contributed by atoms with Crippen LogP contribution in [0.5, 0.6) is 0 Å². The summed E-state index contributed by atoms with van der Waals surface area (Å²) < 4.78 is 33.0. The number of carboxylic acids is 1. The molecule has 0 amide bonds. The van der Waals surface area contributed by atoms with E-state index in [4.69, 9.17) is 10.2 Å². The molecule has 0 saturated carbocycles. The Hall–Kier alpha value is -1.16. The number of halogens is 2. The molecule has 7 atom stereocenters. The number of Topliss-reactive ketones (excluding diaryl/α,β-unsaturated/α-hetero) is 1. The van der Waals surface area contributed by atoms with E-state index in [9.17, 15) is 28.6 Å². The monoisotopic (exact) mass is 326 g/mol. The quantitative estimate of drug-likeness (QED) is 0.515. The zero-order valence-corrected chi connectivity index (χ0v) is 12.1. The van der Waals surface area contributed by atoms with Gasteiger partial charge < -0.3 is 30.0 Å². The van der Waals surface area contributed by atoms with Crippen LogP contribution in [0, 0.1) is 11.8 Å². The van der Waals surface area contributed by atoms with Crippen LogP contribution < -0.4 is 0 Å². The zero-order chi connectivity index (χ0) is 17.2. The molecule has 0 radical (unpaired) electrons. The molecule has 1 aliphatic rings. The number of aliphatic hydroxyl groups excluding tert-OH is 3. The van der Waals surface area contributed by atoms with Gasteiger partial charge in [-0.3, -0.25) is 0 Å². The highest BCUT2D eigenvalue weighted by molar-refractivity contribution is 5.77. The maximum absolute atomic E-state index is 14.3. The molecule has 1 aliphatic heterocycles. The third-order valence-electron chi connectivity index (χ3n) is 3.95. The van der Waals surface area contributed by atoms with Crippen molar-refractivity contribution in [1.82, 2.24) is 0 Å². The van der Waals surface area contributed by atoms with E-state index in [1.54, 1.807) is 0 Å². The fourth-order valence-electron chi connectivity index (χ4n) is 2.66. The molecule has 1 saturated heterocycles. The van der Waals surface area contributed by atoms with Gasteiger partial charge in [0, 0.05) is 12.3 Å². The van der Waals surface area contributed by atoms with Crippen LogP contribution in [0.1, 0.15) is 20.3 Å². The second kappa shape index (κ2) is 6.95. The Kier molecular flexibility index (Phi) is 5.96. The van der Waals surface area contributed by atoms with E-state index in [1.807, 2.05) is 0 Å². The zero-order valence-electron chi connectivity index (χ0n) is 12.1. The van der Waals surface area contributed by atoms with Gasteiger partial charge in [0.15, 0.2) is 6.17 Å². The van der Waals surface area contributed by atoms with Crippen molar-refractivity contribution in [2.75, 3.05) is 6.61 Å². The lowest BCUT2D eigenvalue weighted by Gasteiger charge is -2.46. The van der Waals surface area contributed by atoms with E-state index < -0.39 is 60.5 Å². The van der Waals surface area contributed by atoms with Crippen molar-refractivity contribution in [1.29, 1.82) is 0 Å². The van der Waals surface area contributed by atoms with Crippen LogP contribution >= 0.6 is 0 Å². The van der Waals surface area contributed by atoms with Gasteiger partial charge in [0.1, 0.15) is 18.0 Å². The summed E-state index contributed by atoms with van der Waals surface area (Å²) in [6.07, 6.45) is -8.13. The summed E-state index contributed by atoms with van der Waals surface area (Å²) in [6.45, 7) is 1.50. The van der Waals surface area contributed by atoms with Crippen LogP contribution in [0.15, 0.2) is 0 Å². The standard InChI is InChI=1S/C13H20F2O7/c1-5(17)3-7-6(2)11(14)13(15,12(20)21)22-10(7)9(19)8(18)4-16/h6-11,16,18-19H,3-4H2,1-2H3,(H,20,21)/t6-,7+,8+,9+,10?,11?,13+/m0/s1. The smallest absolute Gasteiger partial charge is 0.372 e. The molecule has 1 rings (SSSR count). The van der Waals surface area contributed by atoms with E-state index in [-0.39, 0.29) is 6.42 Å². The van der Waals surface area contributed by atoms with Crippen LogP contribution in [-0.2, 0) is 14.3 Å². The van der Waals surface area contributed by atoms with Gasteiger partial charge in [-0.25, -0.2) is 9.18 Å². The number of alkyl halides is 2. The van der Waals surface area contributed by atoms with Gasteiger partial charge in [0.05, 0.1) is 12.7 Å². The molecule has 7 nitrogen and oxygen atoms in total. The molecule has 0 spiro atoms. The molecular formula is C13H20F2O7. The number of rotatable bonds is 6. The minimum Gasteiger partial charge on any atom is -0.477 e. The highest BCUT2D eigenvalue weighted by Gasteiger charge is 2.61. The molecule has 128 valence electrons.